The van der Waals surface area contributed by atoms with Crippen molar-refractivity contribution in [1.82, 2.24) is 10.1 Å². The monoisotopic (exact) mass is 224 g/mol. The second-order valence-electron chi connectivity index (χ2n) is 2.91. The van der Waals surface area contributed by atoms with E-state index in [9.17, 15) is 0 Å². The molecule has 0 spiro atoms. The lowest BCUT2D eigenvalue weighted by molar-refractivity contribution is 0.411. The zero-order chi connectivity index (χ0) is 10.7. The van der Waals surface area contributed by atoms with Crippen LogP contribution in [-0.2, 0) is 6.54 Å². The number of benzene rings is 1. The molecule has 0 bridgehead atoms. The van der Waals surface area contributed by atoms with Crippen LogP contribution in [0.1, 0.15) is 5.82 Å². The van der Waals surface area contributed by atoms with Gasteiger partial charge >= 0.3 is 0 Å². The van der Waals surface area contributed by atoms with Crippen molar-refractivity contribution in [3.63, 3.8) is 0 Å². The van der Waals surface area contributed by atoms with Gasteiger partial charge in [0, 0.05) is 0 Å². The minimum Gasteiger partial charge on any atom is -0.397 e. The fourth-order valence-electron chi connectivity index (χ4n) is 1.17. The highest BCUT2D eigenvalue weighted by Gasteiger charge is 2.05. The Hall–Kier alpha value is -1.75. The van der Waals surface area contributed by atoms with Gasteiger partial charge in [-0.05, 0) is 12.1 Å². The van der Waals surface area contributed by atoms with E-state index in [0.29, 0.717) is 28.8 Å². The molecule has 1 aromatic heterocycles. The molecule has 0 aliphatic carbocycles. The van der Waals surface area contributed by atoms with E-state index in [2.05, 4.69) is 20.0 Å². The van der Waals surface area contributed by atoms with Crippen molar-refractivity contribution in [1.29, 1.82) is 0 Å². The van der Waals surface area contributed by atoms with Gasteiger partial charge in [-0.15, -0.1) is 0 Å². The van der Waals surface area contributed by atoms with Crippen LogP contribution in [0.4, 0.5) is 11.4 Å². The third-order valence-electron chi connectivity index (χ3n) is 1.88. The first-order valence-electron chi connectivity index (χ1n) is 4.30. The standard InChI is InChI=1S/C9H9ClN4O/c10-6-2-1-3-7(11)9(6)12-4-8-13-5-15-14-8/h1-3,5,12H,4,11H2. The first-order valence-corrected chi connectivity index (χ1v) is 4.68. The maximum Gasteiger partial charge on any atom is 0.213 e. The minimum absolute atomic E-state index is 0.421. The van der Waals surface area contributed by atoms with Crippen molar-refractivity contribution in [2.24, 2.45) is 0 Å². The van der Waals surface area contributed by atoms with Crippen LogP contribution in [0.25, 0.3) is 0 Å². The molecule has 0 saturated carbocycles. The Morgan fingerprint density at radius 3 is 3.00 bits per heavy atom. The highest BCUT2D eigenvalue weighted by Crippen LogP contribution is 2.27. The summed E-state index contributed by atoms with van der Waals surface area (Å²) in [5.41, 5.74) is 7.02. The van der Waals surface area contributed by atoms with E-state index in [1.54, 1.807) is 18.2 Å². The van der Waals surface area contributed by atoms with Crippen molar-refractivity contribution < 1.29 is 4.52 Å². The Morgan fingerprint density at radius 2 is 2.33 bits per heavy atom. The molecule has 0 saturated heterocycles. The molecule has 0 fully saturated rings. The van der Waals surface area contributed by atoms with Gasteiger partial charge in [0.25, 0.3) is 0 Å². The molecule has 2 rings (SSSR count). The summed E-state index contributed by atoms with van der Waals surface area (Å²) in [6, 6.07) is 5.32. The van der Waals surface area contributed by atoms with E-state index >= 15 is 0 Å². The molecule has 78 valence electrons. The summed E-state index contributed by atoms with van der Waals surface area (Å²) >= 11 is 5.96. The topological polar surface area (TPSA) is 77.0 Å². The maximum atomic E-state index is 5.96. The van der Waals surface area contributed by atoms with Crippen LogP contribution >= 0.6 is 11.6 Å². The van der Waals surface area contributed by atoms with E-state index in [-0.39, 0.29) is 0 Å². The van der Waals surface area contributed by atoms with Gasteiger partial charge in [-0.1, -0.05) is 22.8 Å². The molecule has 1 heterocycles. The van der Waals surface area contributed by atoms with Crippen LogP contribution in [0.15, 0.2) is 29.1 Å². The molecule has 3 N–H and O–H groups in total. The molecule has 0 aliphatic rings. The van der Waals surface area contributed by atoms with Gasteiger partial charge in [0.1, 0.15) is 0 Å². The molecule has 6 heteroatoms. The Bertz CT molecular complexity index is 423. The molecule has 15 heavy (non-hydrogen) atoms. The van der Waals surface area contributed by atoms with Crippen LogP contribution in [-0.4, -0.2) is 10.1 Å². The summed E-state index contributed by atoms with van der Waals surface area (Å²) < 4.78 is 4.60. The Morgan fingerprint density at radius 1 is 1.47 bits per heavy atom. The van der Waals surface area contributed by atoms with Crippen molar-refractivity contribution in [2.45, 2.75) is 6.54 Å². The quantitative estimate of drug-likeness (QED) is 0.779. The van der Waals surface area contributed by atoms with Gasteiger partial charge < -0.3 is 15.6 Å². The van der Waals surface area contributed by atoms with Crippen LogP contribution in [0.3, 0.4) is 0 Å². The molecule has 0 unspecified atom stereocenters. The van der Waals surface area contributed by atoms with E-state index in [4.69, 9.17) is 17.3 Å². The van der Waals surface area contributed by atoms with E-state index in [0.717, 1.165) is 0 Å². The fraction of sp³-hybridized carbons (Fsp3) is 0.111. The summed E-state index contributed by atoms with van der Waals surface area (Å²) in [5.74, 6) is 0.550. The second-order valence-corrected chi connectivity index (χ2v) is 3.31. The fourth-order valence-corrected chi connectivity index (χ4v) is 1.41. The van der Waals surface area contributed by atoms with E-state index in [1.165, 1.54) is 6.39 Å². The number of nitrogen functional groups attached to an aromatic ring is 1. The largest absolute Gasteiger partial charge is 0.397 e. The number of rotatable bonds is 3. The van der Waals surface area contributed by atoms with Gasteiger partial charge in [-0.2, -0.15) is 4.98 Å². The number of hydrogen-bond acceptors (Lipinski definition) is 5. The molecule has 0 atom stereocenters. The summed E-state index contributed by atoms with van der Waals surface area (Å²) in [7, 11) is 0. The number of nitrogens with one attached hydrogen (secondary N) is 1. The molecule has 0 aliphatic heterocycles. The average molecular weight is 225 g/mol. The van der Waals surface area contributed by atoms with Crippen molar-refractivity contribution in [2.75, 3.05) is 11.1 Å². The highest BCUT2D eigenvalue weighted by molar-refractivity contribution is 6.33. The number of aromatic nitrogens is 2. The zero-order valence-corrected chi connectivity index (χ0v) is 8.53. The predicted molar refractivity (Wildman–Crippen MR) is 57.5 cm³/mol. The van der Waals surface area contributed by atoms with Gasteiger partial charge in [0.05, 0.1) is 22.9 Å². The molecule has 0 amide bonds. The summed E-state index contributed by atoms with van der Waals surface area (Å²) in [4.78, 5) is 3.87. The Kier molecular flexibility index (Phi) is 2.73. The molecular formula is C9H9ClN4O. The van der Waals surface area contributed by atoms with Gasteiger partial charge in [0.2, 0.25) is 6.39 Å². The lowest BCUT2D eigenvalue weighted by Crippen LogP contribution is -2.04. The number of nitrogens with zero attached hydrogens (tertiary/aromatic N) is 2. The number of hydrogen-bond donors (Lipinski definition) is 2. The summed E-state index contributed by atoms with van der Waals surface area (Å²) in [6.45, 7) is 0.421. The van der Waals surface area contributed by atoms with Gasteiger partial charge in [-0.3, -0.25) is 0 Å². The lowest BCUT2D eigenvalue weighted by Gasteiger charge is -2.08. The number of para-hydroxylation sites is 1. The van der Waals surface area contributed by atoms with Crippen LogP contribution in [0, 0.1) is 0 Å². The molecule has 1 aromatic carbocycles. The zero-order valence-electron chi connectivity index (χ0n) is 7.77. The van der Waals surface area contributed by atoms with Crippen LogP contribution < -0.4 is 11.1 Å². The minimum atomic E-state index is 0.421. The van der Waals surface area contributed by atoms with Crippen molar-refractivity contribution >= 4 is 23.0 Å². The first kappa shape index (κ1) is 9.79. The van der Waals surface area contributed by atoms with Crippen molar-refractivity contribution in [3.05, 3.63) is 35.4 Å². The summed E-state index contributed by atoms with van der Waals surface area (Å²) in [5, 5.41) is 7.27. The predicted octanol–water partition coefficient (Wildman–Crippen LogP) is 1.92. The van der Waals surface area contributed by atoms with Crippen LogP contribution in [0.5, 0.6) is 0 Å². The van der Waals surface area contributed by atoms with Gasteiger partial charge in [0.15, 0.2) is 5.82 Å². The SMILES string of the molecule is Nc1cccc(Cl)c1NCc1ncon1. The van der Waals surface area contributed by atoms with E-state index in [1.807, 2.05) is 0 Å². The molecular weight excluding hydrogens is 216 g/mol. The van der Waals surface area contributed by atoms with Gasteiger partial charge in [-0.25, -0.2) is 0 Å². The molecule has 2 aromatic rings. The molecule has 0 radical (unpaired) electrons. The average Bonchev–Trinajstić information content (AvgIpc) is 2.70. The number of nitrogens with two attached hydrogens (primary N) is 1. The number of anilines is 2. The lowest BCUT2D eigenvalue weighted by atomic mass is 10.2. The molecule has 5 nitrogen and oxygen atoms in total. The normalized spacial score (nSPS) is 10.2. The Labute approximate surface area is 91.2 Å². The second kappa shape index (κ2) is 4.18. The third-order valence-corrected chi connectivity index (χ3v) is 2.19. The first-order chi connectivity index (χ1) is 7.27. The third kappa shape index (κ3) is 2.19. The summed E-state index contributed by atoms with van der Waals surface area (Å²) in [6.07, 6.45) is 1.27. The van der Waals surface area contributed by atoms with Crippen molar-refractivity contribution in [3.8, 4) is 0 Å². The maximum absolute atomic E-state index is 5.96. The van der Waals surface area contributed by atoms with Crippen LogP contribution in [0.2, 0.25) is 5.02 Å². The smallest absolute Gasteiger partial charge is 0.213 e. The van der Waals surface area contributed by atoms with E-state index < -0.39 is 0 Å². The Balaban J connectivity index is 2.11. The number of halogens is 1. The highest BCUT2D eigenvalue weighted by atomic mass is 35.5.